The van der Waals surface area contributed by atoms with Crippen LogP contribution in [0, 0.1) is 13.8 Å². The predicted molar refractivity (Wildman–Crippen MR) is 72.5 cm³/mol. The van der Waals surface area contributed by atoms with Gasteiger partial charge in [-0.25, -0.2) is 4.98 Å². The molecule has 0 bridgehead atoms. The molecule has 0 aliphatic heterocycles. The molecule has 3 aromatic rings. The van der Waals surface area contributed by atoms with E-state index in [4.69, 9.17) is 0 Å². The third-order valence-electron chi connectivity index (χ3n) is 2.95. The highest BCUT2D eigenvalue weighted by Gasteiger charge is 2.03. The first-order valence-electron chi connectivity index (χ1n) is 5.88. The number of aryl methyl sites for hydroxylation is 2. The first kappa shape index (κ1) is 10.8. The van der Waals surface area contributed by atoms with Crippen LogP contribution in [-0.2, 0) is 0 Å². The molecule has 0 saturated heterocycles. The summed E-state index contributed by atoms with van der Waals surface area (Å²) < 4.78 is 2.00. The average Bonchev–Trinajstić information content (AvgIpc) is 2.70. The normalized spacial score (nSPS) is 10.8. The number of anilines is 1. The Morgan fingerprint density at radius 3 is 2.33 bits per heavy atom. The van der Waals surface area contributed by atoms with Crippen molar-refractivity contribution in [3.05, 3.63) is 54.0 Å². The SMILES string of the molecule is Cc1ccc(C)n1Nc1cnc2ccccc2n1. The summed E-state index contributed by atoms with van der Waals surface area (Å²) in [7, 11) is 0. The van der Waals surface area contributed by atoms with Crippen molar-refractivity contribution in [3.8, 4) is 0 Å². The zero-order valence-corrected chi connectivity index (χ0v) is 10.4. The first-order valence-corrected chi connectivity index (χ1v) is 5.88. The summed E-state index contributed by atoms with van der Waals surface area (Å²) in [4.78, 5) is 8.92. The molecule has 18 heavy (non-hydrogen) atoms. The van der Waals surface area contributed by atoms with Gasteiger partial charge in [-0.2, -0.15) is 0 Å². The molecule has 1 aromatic carbocycles. The molecule has 2 aromatic heterocycles. The summed E-state index contributed by atoms with van der Waals surface area (Å²) in [6.07, 6.45) is 1.75. The number of hydrogen-bond donors (Lipinski definition) is 1. The number of nitrogens with one attached hydrogen (secondary N) is 1. The maximum absolute atomic E-state index is 4.54. The molecule has 0 spiro atoms. The first-order chi connectivity index (χ1) is 8.74. The van der Waals surface area contributed by atoms with E-state index in [0.29, 0.717) is 0 Å². The topological polar surface area (TPSA) is 42.7 Å². The van der Waals surface area contributed by atoms with Gasteiger partial charge >= 0.3 is 0 Å². The molecule has 90 valence electrons. The van der Waals surface area contributed by atoms with Crippen molar-refractivity contribution in [1.29, 1.82) is 0 Å². The summed E-state index contributed by atoms with van der Waals surface area (Å²) in [5.41, 5.74) is 7.34. The van der Waals surface area contributed by atoms with Crippen LogP contribution in [0.3, 0.4) is 0 Å². The number of para-hydroxylation sites is 2. The third-order valence-corrected chi connectivity index (χ3v) is 2.95. The summed E-state index contributed by atoms with van der Waals surface area (Å²) in [5.74, 6) is 0.746. The summed E-state index contributed by atoms with van der Waals surface area (Å²) >= 11 is 0. The Hall–Kier alpha value is -2.36. The molecule has 4 heteroatoms. The lowest BCUT2D eigenvalue weighted by molar-refractivity contribution is 0.871. The fraction of sp³-hybridized carbons (Fsp3) is 0.143. The number of hydrogen-bond acceptors (Lipinski definition) is 3. The number of nitrogens with zero attached hydrogens (tertiary/aromatic N) is 3. The highest BCUT2D eigenvalue weighted by atomic mass is 15.4. The van der Waals surface area contributed by atoms with Gasteiger partial charge in [0.15, 0.2) is 5.82 Å². The molecule has 2 heterocycles. The van der Waals surface area contributed by atoms with Crippen LogP contribution >= 0.6 is 0 Å². The van der Waals surface area contributed by atoms with E-state index in [1.165, 1.54) is 0 Å². The maximum Gasteiger partial charge on any atom is 0.164 e. The zero-order chi connectivity index (χ0) is 12.5. The fourth-order valence-electron chi connectivity index (χ4n) is 1.97. The largest absolute Gasteiger partial charge is 0.276 e. The number of aromatic nitrogens is 3. The van der Waals surface area contributed by atoms with E-state index < -0.39 is 0 Å². The van der Waals surface area contributed by atoms with Gasteiger partial charge < -0.3 is 0 Å². The minimum Gasteiger partial charge on any atom is -0.276 e. The Morgan fingerprint density at radius 2 is 1.61 bits per heavy atom. The molecule has 1 N–H and O–H groups in total. The van der Waals surface area contributed by atoms with E-state index in [1.807, 2.05) is 28.9 Å². The van der Waals surface area contributed by atoms with Crippen molar-refractivity contribution in [2.24, 2.45) is 0 Å². The van der Waals surface area contributed by atoms with Gasteiger partial charge in [-0.1, -0.05) is 12.1 Å². The van der Waals surface area contributed by atoms with Crippen molar-refractivity contribution in [2.45, 2.75) is 13.8 Å². The molecule has 0 saturated carbocycles. The molecule has 0 aliphatic rings. The van der Waals surface area contributed by atoms with Gasteiger partial charge in [0.1, 0.15) is 0 Å². The van der Waals surface area contributed by atoms with Gasteiger partial charge in [-0.15, -0.1) is 0 Å². The van der Waals surface area contributed by atoms with E-state index in [-0.39, 0.29) is 0 Å². The van der Waals surface area contributed by atoms with Crippen LogP contribution in [-0.4, -0.2) is 14.6 Å². The number of benzene rings is 1. The van der Waals surface area contributed by atoms with Gasteiger partial charge in [-0.3, -0.25) is 15.1 Å². The standard InChI is InChI=1S/C14H14N4/c1-10-7-8-11(2)18(10)17-14-9-15-12-5-3-4-6-13(12)16-14/h3-9H,1-2H3,(H,16,17). The Balaban J connectivity index is 2.00. The van der Waals surface area contributed by atoms with Crippen LogP contribution < -0.4 is 5.43 Å². The molecule has 4 nitrogen and oxygen atoms in total. The number of rotatable bonds is 2. The second kappa shape index (κ2) is 4.14. The van der Waals surface area contributed by atoms with Crippen LogP contribution in [0.5, 0.6) is 0 Å². The van der Waals surface area contributed by atoms with Crippen molar-refractivity contribution in [2.75, 3.05) is 5.43 Å². The predicted octanol–water partition coefficient (Wildman–Crippen LogP) is 2.92. The van der Waals surface area contributed by atoms with Gasteiger partial charge in [0, 0.05) is 11.4 Å². The minimum absolute atomic E-state index is 0.746. The van der Waals surface area contributed by atoms with Crippen LogP contribution in [0.15, 0.2) is 42.6 Å². The van der Waals surface area contributed by atoms with Crippen molar-refractivity contribution in [1.82, 2.24) is 14.6 Å². The van der Waals surface area contributed by atoms with E-state index in [9.17, 15) is 0 Å². The fourth-order valence-corrected chi connectivity index (χ4v) is 1.97. The van der Waals surface area contributed by atoms with Crippen LogP contribution in [0.4, 0.5) is 5.82 Å². The molecule has 0 amide bonds. The molecular formula is C14H14N4. The second-order valence-corrected chi connectivity index (χ2v) is 4.31. The smallest absolute Gasteiger partial charge is 0.164 e. The van der Waals surface area contributed by atoms with E-state index in [1.54, 1.807) is 6.20 Å². The Bertz CT molecular complexity index is 680. The summed E-state index contributed by atoms with van der Waals surface area (Å²) in [6.45, 7) is 4.10. The lowest BCUT2D eigenvalue weighted by Crippen LogP contribution is -2.13. The van der Waals surface area contributed by atoms with E-state index >= 15 is 0 Å². The maximum atomic E-state index is 4.54. The number of fused-ring (bicyclic) bond motifs is 1. The molecule has 0 atom stereocenters. The lowest BCUT2D eigenvalue weighted by Gasteiger charge is -2.11. The molecule has 0 unspecified atom stereocenters. The minimum atomic E-state index is 0.746. The Labute approximate surface area is 105 Å². The van der Waals surface area contributed by atoms with Crippen molar-refractivity contribution in [3.63, 3.8) is 0 Å². The lowest BCUT2D eigenvalue weighted by atomic mass is 10.3. The van der Waals surface area contributed by atoms with Crippen LogP contribution in [0.1, 0.15) is 11.4 Å². The monoisotopic (exact) mass is 238 g/mol. The molecule has 3 rings (SSSR count). The van der Waals surface area contributed by atoms with Gasteiger partial charge in [0.25, 0.3) is 0 Å². The Morgan fingerprint density at radius 1 is 0.944 bits per heavy atom. The zero-order valence-electron chi connectivity index (χ0n) is 10.4. The second-order valence-electron chi connectivity index (χ2n) is 4.31. The van der Waals surface area contributed by atoms with Gasteiger partial charge in [-0.05, 0) is 38.1 Å². The Kier molecular flexibility index (Phi) is 2.48. The highest BCUT2D eigenvalue weighted by molar-refractivity contribution is 5.75. The van der Waals surface area contributed by atoms with Gasteiger partial charge in [0.2, 0.25) is 0 Å². The highest BCUT2D eigenvalue weighted by Crippen LogP contribution is 2.13. The summed E-state index contributed by atoms with van der Waals surface area (Å²) in [5, 5.41) is 0. The van der Waals surface area contributed by atoms with Crippen LogP contribution in [0.25, 0.3) is 11.0 Å². The van der Waals surface area contributed by atoms with E-state index in [0.717, 1.165) is 28.2 Å². The average molecular weight is 238 g/mol. The third kappa shape index (κ3) is 1.82. The van der Waals surface area contributed by atoms with Gasteiger partial charge in [0.05, 0.1) is 17.2 Å². The molecule has 0 radical (unpaired) electrons. The van der Waals surface area contributed by atoms with E-state index in [2.05, 4.69) is 41.4 Å². The quantitative estimate of drug-likeness (QED) is 0.746. The van der Waals surface area contributed by atoms with Crippen LogP contribution in [0.2, 0.25) is 0 Å². The van der Waals surface area contributed by atoms with Crippen molar-refractivity contribution < 1.29 is 0 Å². The van der Waals surface area contributed by atoms with Crippen molar-refractivity contribution >= 4 is 16.9 Å². The molecule has 0 aliphatic carbocycles. The summed E-state index contributed by atoms with van der Waals surface area (Å²) in [6, 6.07) is 12.0. The molecular weight excluding hydrogens is 224 g/mol. The molecule has 0 fully saturated rings.